The Morgan fingerprint density at radius 3 is 2.30 bits per heavy atom. The summed E-state index contributed by atoms with van der Waals surface area (Å²) < 4.78 is 5.22. The first-order chi connectivity index (χ1) is 4.83. The molecule has 60 valence electrons. The van der Waals surface area contributed by atoms with Gasteiger partial charge < -0.3 is 9.84 Å². The summed E-state index contributed by atoms with van der Waals surface area (Å²) in [6.45, 7) is 4.12. The molecule has 1 fully saturated rings. The Morgan fingerprint density at radius 2 is 2.00 bits per heavy atom. The summed E-state index contributed by atoms with van der Waals surface area (Å²) in [5.41, 5.74) is 0.193. The summed E-state index contributed by atoms with van der Waals surface area (Å²) in [5.74, 6) is 0. The van der Waals surface area contributed by atoms with E-state index in [0.717, 1.165) is 32.5 Å². The normalized spacial score (nSPS) is 24.6. The molecule has 1 saturated heterocycles. The van der Waals surface area contributed by atoms with Crippen molar-refractivity contribution in [3.8, 4) is 0 Å². The summed E-state index contributed by atoms with van der Waals surface area (Å²) >= 11 is 0. The molecule has 0 spiro atoms. The van der Waals surface area contributed by atoms with Gasteiger partial charge >= 0.3 is 0 Å². The predicted molar refractivity (Wildman–Crippen MR) is 39.9 cm³/mol. The largest absolute Gasteiger partial charge is 0.396 e. The molecule has 0 bridgehead atoms. The van der Waals surface area contributed by atoms with Crippen LogP contribution in [0.4, 0.5) is 0 Å². The van der Waals surface area contributed by atoms with Crippen LogP contribution < -0.4 is 0 Å². The minimum atomic E-state index is 0.193. The van der Waals surface area contributed by atoms with E-state index in [1.807, 2.05) is 0 Å². The average molecular weight is 144 g/mol. The fourth-order valence-electron chi connectivity index (χ4n) is 1.43. The van der Waals surface area contributed by atoms with Crippen molar-refractivity contribution in [3.63, 3.8) is 0 Å². The molecule has 0 unspecified atom stereocenters. The Kier molecular flexibility index (Phi) is 2.69. The SMILES string of the molecule is CCC1(CO)CCOCC1. The van der Waals surface area contributed by atoms with Crippen LogP contribution in [0.3, 0.4) is 0 Å². The highest BCUT2D eigenvalue weighted by atomic mass is 16.5. The molecule has 0 aliphatic carbocycles. The van der Waals surface area contributed by atoms with Gasteiger partial charge in [-0.15, -0.1) is 0 Å². The summed E-state index contributed by atoms with van der Waals surface area (Å²) in [6, 6.07) is 0. The molecule has 0 aromatic carbocycles. The highest BCUT2D eigenvalue weighted by molar-refractivity contribution is 4.79. The van der Waals surface area contributed by atoms with Gasteiger partial charge in [0.25, 0.3) is 0 Å². The number of hydrogen-bond donors (Lipinski definition) is 1. The molecule has 2 nitrogen and oxygen atoms in total. The standard InChI is InChI=1S/C8H16O2/c1-2-8(7-9)3-5-10-6-4-8/h9H,2-7H2,1H3. The Morgan fingerprint density at radius 1 is 1.40 bits per heavy atom. The van der Waals surface area contributed by atoms with E-state index in [2.05, 4.69) is 6.92 Å². The first-order valence-corrected chi connectivity index (χ1v) is 4.01. The molecule has 2 heteroatoms. The zero-order valence-corrected chi connectivity index (χ0v) is 6.60. The molecule has 0 radical (unpaired) electrons. The molecule has 0 atom stereocenters. The van der Waals surface area contributed by atoms with Gasteiger partial charge in [0, 0.05) is 19.8 Å². The zero-order chi connectivity index (χ0) is 7.45. The smallest absolute Gasteiger partial charge is 0.0489 e. The lowest BCUT2D eigenvalue weighted by Crippen LogP contribution is -2.32. The van der Waals surface area contributed by atoms with Crippen LogP contribution in [-0.2, 0) is 4.74 Å². The lowest BCUT2D eigenvalue weighted by atomic mass is 9.79. The lowest BCUT2D eigenvalue weighted by Gasteiger charge is -2.34. The fourth-order valence-corrected chi connectivity index (χ4v) is 1.43. The topological polar surface area (TPSA) is 29.5 Å². The highest BCUT2D eigenvalue weighted by Gasteiger charge is 2.29. The van der Waals surface area contributed by atoms with Crippen molar-refractivity contribution in [3.05, 3.63) is 0 Å². The zero-order valence-electron chi connectivity index (χ0n) is 6.60. The molecule has 0 aromatic heterocycles. The predicted octanol–water partition coefficient (Wildman–Crippen LogP) is 1.19. The number of ether oxygens (including phenoxy) is 1. The van der Waals surface area contributed by atoms with Crippen LogP contribution >= 0.6 is 0 Å². The Bertz CT molecular complexity index is 89.4. The summed E-state index contributed by atoms with van der Waals surface area (Å²) in [5, 5.41) is 9.09. The van der Waals surface area contributed by atoms with E-state index in [1.54, 1.807) is 0 Å². The van der Waals surface area contributed by atoms with Crippen LogP contribution in [0.2, 0.25) is 0 Å². The first kappa shape index (κ1) is 8.02. The molecule has 0 saturated carbocycles. The van der Waals surface area contributed by atoms with Gasteiger partial charge in [0.05, 0.1) is 0 Å². The molecule has 1 heterocycles. The van der Waals surface area contributed by atoms with Crippen LogP contribution in [0, 0.1) is 5.41 Å². The molecule has 1 aliphatic rings. The second kappa shape index (κ2) is 3.35. The third-order valence-corrected chi connectivity index (χ3v) is 2.64. The van der Waals surface area contributed by atoms with Gasteiger partial charge in [0.1, 0.15) is 0 Å². The Labute approximate surface area is 62.2 Å². The van der Waals surface area contributed by atoms with Gasteiger partial charge in [-0.1, -0.05) is 6.92 Å². The van der Waals surface area contributed by atoms with E-state index >= 15 is 0 Å². The third kappa shape index (κ3) is 1.50. The number of rotatable bonds is 2. The molecular formula is C8H16O2. The average Bonchev–Trinajstić information content (AvgIpc) is 2.06. The molecule has 0 aromatic rings. The molecule has 1 N–H and O–H groups in total. The van der Waals surface area contributed by atoms with Crippen molar-refractivity contribution in [2.24, 2.45) is 5.41 Å². The van der Waals surface area contributed by atoms with Crippen LogP contribution in [0.15, 0.2) is 0 Å². The van der Waals surface area contributed by atoms with E-state index in [4.69, 9.17) is 9.84 Å². The lowest BCUT2D eigenvalue weighted by molar-refractivity contribution is -0.0179. The maximum Gasteiger partial charge on any atom is 0.0489 e. The van der Waals surface area contributed by atoms with Gasteiger partial charge in [-0.3, -0.25) is 0 Å². The van der Waals surface area contributed by atoms with Gasteiger partial charge in [-0.05, 0) is 24.7 Å². The first-order valence-electron chi connectivity index (χ1n) is 4.01. The molecule has 0 amide bonds. The van der Waals surface area contributed by atoms with E-state index < -0.39 is 0 Å². The highest BCUT2D eigenvalue weighted by Crippen LogP contribution is 2.32. The second-order valence-electron chi connectivity index (χ2n) is 3.12. The van der Waals surface area contributed by atoms with Crippen LogP contribution in [0.1, 0.15) is 26.2 Å². The van der Waals surface area contributed by atoms with Crippen molar-refractivity contribution in [2.45, 2.75) is 26.2 Å². The van der Waals surface area contributed by atoms with Crippen LogP contribution in [0.5, 0.6) is 0 Å². The minimum absolute atomic E-state index is 0.193. The number of aliphatic hydroxyl groups excluding tert-OH is 1. The van der Waals surface area contributed by atoms with E-state index in [9.17, 15) is 0 Å². The minimum Gasteiger partial charge on any atom is -0.396 e. The second-order valence-corrected chi connectivity index (χ2v) is 3.12. The maximum atomic E-state index is 9.09. The third-order valence-electron chi connectivity index (χ3n) is 2.64. The van der Waals surface area contributed by atoms with Crippen molar-refractivity contribution in [2.75, 3.05) is 19.8 Å². The quantitative estimate of drug-likeness (QED) is 0.630. The Balaban J connectivity index is 2.44. The Hall–Kier alpha value is -0.0800. The molecule has 1 rings (SSSR count). The van der Waals surface area contributed by atoms with Gasteiger partial charge in [-0.2, -0.15) is 0 Å². The van der Waals surface area contributed by atoms with Gasteiger partial charge in [0.15, 0.2) is 0 Å². The van der Waals surface area contributed by atoms with Gasteiger partial charge in [0.2, 0.25) is 0 Å². The van der Waals surface area contributed by atoms with Crippen molar-refractivity contribution in [1.82, 2.24) is 0 Å². The van der Waals surface area contributed by atoms with Crippen LogP contribution in [0.25, 0.3) is 0 Å². The summed E-state index contributed by atoms with van der Waals surface area (Å²) in [7, 11) is 0. The van der Waals surface area contributed by atoms with Crippen molar-refractivity contribution >= 4 is 0 Å². The molecular weight excluding hydrogens is 128 g/mol. The fraction of sp³-hybridized carbons (Fsp3) is 1.00. The summed E-state index contributed by atoms with van der Waals surface area (Å²) in [4.78, 5) is 0. The van der Waals surface area contributed by atoms with E-state index in [-0.39, 0.29) is 5.41 Å². The monoisotopic (exact) mass is 144 g/mol. The van der Waals surface area contributed by atoms with E-state index in [1.165, 1.54) is 0 Å². The van der Waals surface area contributed by atoms with Gasteiger partial charge in [-0.25, -0.2) is 0 Å². The maximum absolute atomic E-state index is 9.09. The molecule has 10 heavy (non-hydrogen) atoms. The molecule has 1 aliphatic heterocycles. The van der Waals surface area contributed by atoms with Crippen LogP contribution in [-0.4, -0.2) is 24.9 Å². The van der Waals surface area contributed by atoms with Crippen molar-refractivity contribution in [1.29, 1.82) is 0 Å². The number of hydrogen-bond acceptors (Lipinski definition) is 2. The number of aliphatic hydroxyl groups is 1. The van der Waals surface area contributed by atoms with Crippen molar-refractivity contribution < 1.29 is 9.84 Å². The van der Waals surface area contributed by atoms with E-state index in [0.29, 0.717) is 6.61 Å². The summed E-state index contributed by atoms with van der Waals surface area (Å²) in [6.07, 6.45) is 3.13.